The van der Waals surface area contributed by atoms with Crippen molar-refractivity contribution in [1.82, 2.24) is 4.98 Å². The number of halogens is 3. The summed E-state index contributed by atoms with van der Waals surface area (Å²) in [5.41, 5.74) is 3.74. The van der Waals surface area contributed by atoms with Gasteiger partial charge in [0, 0.05) is 37.5 Å². The van der Waals surface area contributed by atoms with E-state index in [0.717, 1.165) is 54.0 Å². The molecule has 0 aliphatic carbocycles. The molecule has 0 unspecified atom stereocenters. The molecule has 0 radical (unpaired) electrons. The van der Waals surface area contributed by atoms with Gasteiger partial charge in [0.05, 0.1) is 12.1 Å². The molecule has 0 saturated carbocycles. The quantitative estimate of drug-likeness (QED) is 0.536. The molecular weight excluding hydrogens is 417 g/mol. The number of hydrogen-bond donors (Lipinski definition) is 1. The van der Waals surface area contributed by atoms with Gasteiger partial charge in [-0.15, -0.1) is 0 Å². The van der Waals surface area contributed by atoms with Gasteiger partial charge in [-0.25, -0.2) is 4.98 Å². The van der Waals surface area contributed by atoms with Crippen LogP contribution in [-0.2, 0) is 12.6 Å². The summed E-state index contributed by atoms with van der Waals surface area (Å²) in [5.74, 6) is 0.199. The second-order valence-electron chi connectivity index (χ2n) is 7.89. The molecule has 2 aromatic carbocycles. The van der Waals surface area contributed by atoms with Crippen LogP contribution in [0.5, 0.6) is 5.88 Å². The Hall–Kier alpha value is -3.06. The lowest BCUT2D eigenvalue weighted by Gasteiger charge is -2.23. The number of rotatable bonds is 7. The highest BCUT2D eigenvalue weighted by Crippen LogP contribution is 2.32. The molecule has 4 nitrogen and oxygen atoms in total. The molecule has 4 rings (SSSR count). The smallest absolute Gasteiger partial charge is 0.417 e. The highest BCUT2D eigenvalue weighted by molar-refractivity contribution is 5.69. The Bertz CT molecular complexity index is 1020. The van der Waals surface area contributed by atoms with Crippen molar-refractivity contribution in [1.29, 1.82) is 0 Å². The van der Waals surface area contributed by atoms with Crippen molar-refractivity contribution in [3.63, 3.8) is 0 Å². The van der Waals surface area contributed by atoms with E-state index in [1.807, 2.05) is 18.2 Å². The molecule has 0 spiro atoms. The predicted octanol–water partition coefficient (Wildman–Crippen LogP) is 5.35. The second-order valence-corrected chi connectivity index (χ2v) is 7.89. The van der Waals surface area contributed by atoms with E-state index < -0.39 is 11.7 Å². The van der Waals surface area contributed by atoms with Crippen molar-refractivity contribution in [3.8, 4) is 17.0 Å². The van der Waals surface area contributed by atoms with Gasteiger partial charge in [-0.05, 0) is 47.7 Å². The van der Waals surface area contributed by atoms with E-state index in [1.54, 1.807) is 0 Å². The number of benzene rings is 2. The molecule has 32 heavy (non-hydrogen) atoms. The topological polar surface area (TPSA) is 45.6 Å². The number of hydrogen-bond acceptors (Lipinski definition) is 4. The second kappa shape index (κ2) is 9.61. The first-order chi connectivity index (χ1) is 15.4. The van der Waals surface area contributed by atoms with Crippen molar-refractivity contribution < 1.29 is 23.0 Å². The van der Waals surface area contributed by atoms with Crippen LogP contribution in [0.25, 0.3) is 11.1 Å². The van der Waals surface area contributed by atoms with Crippen molar-refractivity contribution in [2.24, 2.45) is 0 Å². The molecule has 1 fully saturated rings. The van der Waals surface area contributed by atoms with Crippen LogP contribution >= 0.6 is 0 Å². The molecule has 1 aliphatic rings. The number of aromatic nitrogens is 1. The van der Waals surface area contributed by atoms with Crippen LogP contribution in [0, 0.1) is 0 Å². The summed E-state index contributed by atoms with van der Waals surface area (Å²) in [4.78, 5) is 6.05. The third-order valence-corrected chi connectivity index (χ3v) is 5.63. The van der Waals surface area contributed by atoms with E-state index in [4.69, 9.17) is 4.74 Å². The zero-order valence-corrected chi connectivity index (χ0v) is 17.6. The Labute approximate surface area is 185 Å². The molecule has 3 aromatic rings. The molecule has 1 N–H and O–H groups in total. The van der Waals surface area contributed by atoms with E-state index in [0.29, 0.717) is 13.0 Å². The van der Waals surface area contributed by atoms with Gasteiger partial charge < -0.3 is 14.7 Å². The minimum Gasteiger partial charge on any atom is -0.472 e. The maximum Gasteiger partial charge on any atom is 0.417 e. The van der Waals surface area contributed by atoms with Crippen molar-refractivity contribution >= 4 is 5.69 Å². The van der Waals surface area contributed by atoms with Gasteiger partial charge in [0.2, 0.25) is 5.88 Å². The molecule has 2 heterocycles. The van der Waals surface area contributed by atoms with E-state index in [-0.39, 0.29) is 18.6 Å². The van der Waals surface area contributed by atoms with Crippen molar-refractivity contribution in [2.75, 3.05) is 24.6 Å². The normalized spacial score (nSPS) is 16.4. The summed E-state index contributed by atoms with van der Waals surface area (Å²) >= 11 is 0. The van der Waals surface area contributed by atoms with E-state index in [9.17, 15) is 18.3 Å². The van der Waals surface area contributed by atoms with Gasteiger partial charge in [-0.1, -0.05) is 36.4 Å². The summed E-state index contributed by atoms with van der Waals surface area (Å²) in [6.45, 7) is 1.53. The maximum atomic E-state index is 12.7. The zero-order valence-electron chi connectivity index (χ0n) is 17.6. The average molecular weight is 442 g/mol. The Morgan fingerprint density at radius 1 is 1.03 bits per heavy atom. The van der Waals surface area contributed by atoms with Crippen LogP contribution in [0.1, 0.15) is 24.0 Å². The van der Waals surface area contributed by atoms with Crippen molar-refractivity contribution in [3.05, 3.63) is 78.0 Å². The minimum atomic E-state index is -4.41. The Kier molecular flexibility index (Phi) is 6.65. The number of aryl methyl sites for hydroxylation is 1. The predicted molar refractivity (Wildman–Crippen MR) is 118 cm³/mol. The Balaban J connectivity index is 1.47. The van der Waals surface area contributed by atoms with E-state index in [1.165, 1.54) is 6.07 Å². The molecule has 1 aliphatic heterocycles. The fourth-order valence-corrected chi connectivity index (χ4v) is 4.01. The zero-order chi connectivity index (χ0) is 22.6. The summed E-state index contributed by atoms with van der Waals surface area (Å²) < 4.78 is 44.0. The standard InChI is InChI=1S/C25H25F3N2O2/c26-25(27,28)21-9-11-24(29-16-21)32-22-12-13-30(17-22)23-10-8-19(15-20(23)7-4-14-31)18-5-2-1-3-6-18/h1-3,5-6,8-11,15-16,22,31H,4,7,12-14,17H2/t22-/m0/s1. The maximum absolute atomic E-state index is 12.7. The van der Waals surface area contributed by atoms with Crippen LogP contribution in [0.3, 0.4) is 0 Å². The Morgan fingerprint density at radius 3 is 2.53 bits per heavy atom. The van der Waals surface area contributed by atoms with E-state index >= 15 is 0 Å². The van der Waals surface area contributed by atoms with Crippen molar-refractivity contribution in [2.45, 2.75) is 31.5 Å². The van der Waals surface area contributed by atoms with Crippen LogP contribution in [-0.4, -0.2) is 35.9 Å². The molecular formula is C25H25F3N2O2. The number of anilines is 1. The van der Waals surface area contributed by atoms with Gasteiger partial charge in [0.25, 0.3) is 0 Å². The van der Waals surface area contributed by atoms with Gasteiger partial charge in [-0.2, -0.15) is 13.2 Å². The van der Waals surface area contributed by atoms with Crippen LogP contribution < -0.4 is 9.64 Å². The largest absolute Gasteiger partial charge is 0.472 e. The lowest BCUT2D eigenvalue weighted by molar-refractivity contribution is -0.137. The first-order valence-corrected chi connectivity index (χ1v) is 10.7. The van der Waals surface area contributed by atoms with Crippen LogP contribution in [0.2, 0.25) is 0 Å². The number of pyridine rings is 1. The summed E-state index contributed by atoms with van der Waals surface area (Å²) in [6, 6.07) is 18.8. The summed E-state index contributed by atoms with van der Waals surface area (Å²) in [6.07, 6.45) is -1.57. The Morgan fingerprint density at radius 2 is 1.84 bits per heavy atom. The number of aliphatic hydroxyl groups excluding tert-OH is 1. The van der Waals surface area contributed by atoms with E-state index in [2.05, 4.69) is 40.2 Å². The highest BCUT2D eigenvalue weighted by atomic mass is 19.4. The third-order valence-electron chi connectivity index (χ3n) is 5.63. The number of aliphatic hydroxyl groups is 1. The number of ether oxygens (including phenoxy) is 1. The SMILES string of the molecule is OCCCc1cc(-c2ccccc2)ccc1N1CC[C@H](Oc2ccc(C(F)(F)F)cn2)C1. The lowest BCUT2D eigenvalue weighted by atomic mass is 9.99. The molecule has 168 valence electrons. The summed E-state index contributed by atoms with van der Waals surface area (Å²) in [7, 11) is 0. The molecule has 1 atom stereocenters. The molecule has 1 aromatic heterocycles. The van der Waals surface area contributed by atoms with Gasteiger partial charge in [0.1, 0.15) is 6.10 Å². The minimum absolute atomic E-state index is 0.125. The lowest BCUT2D eigenvalue weighted by Crippen LogP contribution is -2.25. The first-order valence-electron chi connectivity index (χ1n) is 10.7. The number of nitrogens with zero attached hydrogens (tertiary/aromatic N) is 2. The molecule has 7 heteroatoms. The monoisotopic (exact) mass is 442 g/mol. The number of alkyl halides is 3. The third kappa shape index (κ3) is 5.22. The van der Waals surface area contributed by atoms with Gasteiger partial charge in [0.15, 0.2) is 0 Å². The first kappa shape index (κ1) is 22.1. The average Bonchev–Trinajstić information content (AvgIpc) is 3.26. The summed E-state index contributed by atoms with van der Waals surface area (Å²) in [5, 5.41) is 9.34. The van der Waals surface area contributed by atoms with Crippen LogP contribution in [0.4, 0.5) is 18.9 Å². The van der Waals surface area contributed by atoms with Crippen LogP contribution in [0.15, 0.2) is 66.9 Å². The highest BCUT2D eigenvalue weighted by Gasteiger charge is 2.31. The molecule has 1 saturated heterocycles. The fraction of sp³-hybridized carbons (Fsp3) is 0.320. The molecule has 0 amide bonds. The van der Waals surface area contributed by atoms with Gasteiger partial charge >= 0.3 is 6.18 Å². The molecule has 0 bridgehead atoms. The van der Waals surface area contributed by atoms with Gasteiger partial charge in [-0.3, -0.25) is 0 Å². The fourth-order valence-electron chi connectivity index (χ4n) is 4.01.